The Kier molecular flexibility index (Phi) is 4.36. The summed E-state index contributed by atoms with van der Waals surface area (Å²) in [5, 5.41) is 11.6. The maximum Gasteiger partial charge on any atom is 0.309 e. The molecule has 132 valence electrons. The fourth-order valence-corrected chi connectivity index (χ4v) is 6.26. The number of esters is 1. The van der Waals surface area contributed by atoms with Crippen LogP contribution in [0.5, 0.6) is 0 Å². The summed E-state index contributed by atoms with van der Waals surface area (Å²) in [7, 11) is 0. The van der Waals surface area contributed by atoms with Crippen LogP contribution in [0, 0.1) is 47.8 Å². The number of ketones is 1. The van der Waals surface area contributed by atoms with Crippen molar-refractivity contribution in [1.82, 2.24) is 4.98 Å². The predicted molar refractivity (Wildman–Crippen MR) is 91.7 cm³/mol. The van der Waals surface area contributed by atoms with E-state index < -0.39 is 5.92 Å². The van der Waals surface area contributed by atoms with E-state index in [0.29, 0.717) is 16.8 Å². The molecule has 0 aromatic carbocycles. The van der Waals surface area contributed by atoms with Crippen molar-refractivity contribution in [3.63, 3.8) is 0 Å². The third-order valence-electron chi connectivity index (χ3n) is 6.19. The average molecular weight is 358 g/mol. The molecular weight excluding hydrogens is 336 g/mol. The van der Waals surface area contributed by atoms with Crippen molar-refractivity contribution in [1.29, 1.82) is 5.26 Å². The smallest absolute Gasteiger partial charge is 0.309 e. The second-order valence-corrected chi connectivity index (χ2v) is 8.81. The highest BCUT2D eigenvalue weighted by Crippen LogP contribution is 2.56. The Bertz CT molecular complexity index is 707. The maximum atomic E-state index is 12.6. The highest BCUT2D eigenvalue weighted by molar-refractivity contribution is 7.09. The maximum absolute atomic E-state index is 12.6. The number of hydrogen-bond acceptors (Lipinski definition) is 6. The summed E-state index contributed by atoms with van der Waals surface area (Å²) in [6, 6.07) is 1.99. The van der Waals surface area contributed by atoms with Crippen molar-refractivity contribution in [2.45, 2.75) is 44.9 Å². The second-order valence-electron chi connectivity index (χ2n) is 7.92. The highest BCUT2D eigenvalue weighted by Gasteiger charge is 2.51. The molecule has 4 fully saturated rings. The molecule has 4 aliphatic carbocycles. The molecule has 0 aliphatic heterocycles. The quantitative estimate of drug-likeness (QED) is 0.755. The van der Waals surface area contributed by atoms with Crippen molar-refractivity contribution in [3.05, 3.63) is 16.1 Å². The van der Waals surface area contributed by atoms with E-state index in [1.165, 1.54) is 17.8 Å². The molecule has 4 bridgehead atoms. The monoisotopic (exact) mass is 358 g/mol. The van der Waals surface area contributed by atoms with Gasteiger partial charge in [0.05, 0.1) is 12.0 Å². The molecule has 0 amide bonds. The first kappa shape index (κ1) is 16.7. The van der Waals surface area contributed by atoms with Crippen LogP contribution >= 0.6 is 11.3 Å². The molecular formula is C19H22N2O3S. The summed E-state index contributed by atoms with van der Waals surface area (Å²) >= 11 is 1.30. The number of rotatable bonds is 5. The first-order valence-corrected chi connectivity index (χ1v) is 9.94. The number of thiazole rings is 1. The summed E-state index contributed by atoms with van der Waals surface area (Å²) in [4.78, 5) is 29.2. The van der Waals surface area contributed by atoms with E-state index in [-0.39, 0.29) is 24.3 Å². The number of Topliss-reactive ketones (excluding diaryl/α,β-unsaturated/α-hetero) is 1. The van der Waals surface area contributed by atoms with Gasteiger partial charge in [0.15, 0.2) is 18.3 Å². The topological polar surface area (TPSA) is 80.0 Å². The van der Waals surface area contributed by atoms with Crippen LogP contribution in [0.3, 0.4) is 0 Å². The van der Waals surface area contributed by atoms with Gasteiger partial charge in [-0.05, 0) is 62.7 Å². The van der Waals surface area contributed by atoms with E-state index in [4.69, 9.17) is 4.74 Å². The van der Waals surface area contributed by atoms with Gasteiger partial charge in [0, 0.05) is 11.1 Å². The fourth-order valence-electron chi connectivity index (χ4n) is 5.40. The van der Waals surface area contributed by atoms with Crippen molar-refractivity contribution in [3.8, 4) is 6.07 Å². The van der Waals surface area contributed by atoms with Gasteiger partial charge in [0.2, 0.25) is 0 Å². The molecule has 5 nitrogen and oxygen atoms in total. The van der Waals surface area contributed by atoms with E-state index in [9.17, 15) is 14.9 Å². The van der Waals surface area contributed by atoms with E-state index in [1.54, 1.807) is 0 Å². The van der Waals surface area contributed by atoms with Gasteiger partial charge in [-0.2, -0.15) is 5.26 Å². The minimum atomic E-state index is -0.940. The van der Waals surface area contributed by atoms with Gasteiger partial charge in [0.25, 0.3) is 0 Å². The molecule has 1 heterocycles. The molecule has 4 aliphatic rings. The molecule has 4 saturated carbocycles. The highest BCUT2D eigenvalue weighted by atomic mass is 32.1. The van der Waals surface area contributed by atoms with Crippen LogP contribution in [0.15, 0.2) is 5.38 Å². The zero-order valence-corrected chi connectivity index (χ0v) is 15.1. The number of nitriles is 1. The SMILES string of the molecule is Cc1csc(C(C#N)C(=O)COC(=O)C2C3CC4CC(C3)CC2C4)n1. The summed E-state index contributed by atoms with van der Waals surface area (Å²) < 4.78 is 5.38. The normalized spacial score (nSPS) is 33.7. The van der Waals surface area contributed by atoms with Gasteiger partial charge >= 0.3 is 5.97 Å². The molecule has 25 heavy (non-hydrogen) atoms. The van der Waals surface area contributed by atoms with E-state index in [2.05, 4.69) is 4.98 Å². The van der Waals surface area contributed by atoms with Crippen molar-refractivity contribution in [2.24, 2.45) is 29.6 Å². The van der Waals surface area contributed by atoms with Crippen molar-refractivity contribution < 1.29 is 14.3 Å². The van der Waals surface area contributed by atoms with Crippen LogP contribution in [0.4, 0.5) is 0 Å². The van der Waals surface area contributed by atoms with Crippen LogP contribution in [-0.2, 0) is 14.3 Å². The van der Waals surface area contributed by atoms with Gasteiger partial charge in [-0.25, -0.2) is 4.98 Å². The molecule has 5 rings (SSSR count). The predicted octanol–water partition coefficient (Wildman–Crippen LogP) is 3.24. The Morgan fingerprint density at radius 1 is 1.28 bits per heavy atom. The number of carbonyl (C=O) groups excluding carboxylic acids is 2. The molecule has 1 aromatic rings. The van der Waals surface area contributed by atoms with Gasteiger partial charge in [-0.3, -0.25) is 9.59 Å². The van der Waals surface area contributed by atoms with Gasteiger partial charge in [-0.15, -0.1) is 11.3 Å². The molecule has 1 atom stereocenters. The van der Waals surface area contributed by atoms with Gasteiger partial charge in [-0.1, -0.05) is 0 Å². The summed E-state index contributed by atoms with van der Waals surface area (Å²) in [6.45, 7) is 1.50. The van der Waals surface area contributed by atoms with Gasteiger partial charge < -0.3 is 4.74 Å². The average Bonchev–Trinajstić information content (AvgIpc) is 2.98. The lowest BCUT2D eigenvalue weighted by molar-refractivity contribution is -0.164. The zero-order chi connectivity index (χ0) is 17.6. The van der Waals surface area contributed by atoms with Crippen LogP contribution in [0.25, 0.3) is 0 Å². The molecule has 1 aromatic heterocycles. The Morgan fingerprint density at radius 3 is 2.44 bits per heavy atom. The number of aromatic nitrogens is 1. The largest absolute Gasteiger partial charge is 0.457 e. The van der Waals surface area contributed by atoms with E-state index >= 15 is 0 Å². The number of carbonyl (C=O) groups is 2. The first-order chi connectivity index (χ1) is 12.0. The lowest BCUT2D eigenvalue weighted by atomic mass is 9.52. The minimum absolute atomic E-state index is 0.0387. The van der Waals surface area contributed by atoms with Gasteiger partial charge in [0.1, 0.15) is 5.01 Å². The lowest BCUT2D eigenvalue weighted by Crippen LogP contribution is -2.48. The van der Waals surface area contributed by atoms with Crippen molar-refractivity contribution in [2.75, 3.05) is 6.61 Å². The Balaban J connectivity index is 1.37. The summed E-state index contributed by atoms with van der Waals surface area (Å²) in [6.07, 6.45) is 5.89. The molecule has 6 heteroatoms. The Hall–Kier alpha value is -1.74. The Labute approximate surface area is 151 Å². The van der Waals surface area contributed by atoms with E-state index in [0.717, 1.165) is 43.2 Å². The molecule has 1 unspecified atom stereocenters. The summed E-state index contributed by atoms with van der Waals surface area (Å²) in [5.41, 5.74) is 0.790. The van der Waals surface area contributed by atoms with E-state index in [1.807, 2.05) is 18.4 Å². The lowest BCUT2D eigenvalue weighted by Gasteiger charge is -2.53. The minimum Gasteiger partial charge on any atom is -0.457 e. The third kappa shape index (κ3) is 3.10. The molecule has 0 N–H and O–H groups in total. The van der Waals surface area contributed by atoms with Crippen molar-refractivity contribution >= 4 is 23.1 Å². The second kappa shape index (κ2) is 6.53. The standard InChI is InChI=1S/C19H22N2O3S/c1-10-9-25-18(21-10)15(7-20)16(22)8-24-19(23)17-13-3-11-2-12(5-13)6-14(17)4-11/h9,11-15,17H,2-6,8H2,1H3. The molecule has 0 spiro atoms. The van der Waals surface area contributed by atoms with Crippen LogP contribution in [0.2, 0.25) is 0 Å². The van der Waals surface area contributed by atoms with Crippen LogP contribution < -0.4 is 0 Å². The number of ether oxygens (including phenoxy) is 1. The molecule has 0 radical (unpaired) electrons. The fraction of sp³-hybridized carbons (Fsp3) is 0.684. The zero-order valence-electron chi connectivity index (χ0n) is 14.3. The number of aryl methyl sites for hydroxylation is 1. The first-order valence-electron chi connectivity index (χ1n) is 9.06. The third-order valence-corrected chi connectivity index (χ3v) is 7.22. The number of nitrogens with zero attached hydrogens (tertiary/aromatic N) is 2. The summed E-state index contributed by atoms with van der Waals surface area (Å²) in [5.74, 6) is 0.879. The van der Waals surface area contributed by atoms with Crippen LogP contribution in [-0.4, -0.2) is 23.3 Å². The number of hydrogen-bond donors (Lipinski definition) is 0. The Morgan fingerprint density at radius 2 is 1.92 bits per heavy atom. The molecule has 0 saturated heterocycles. The van der Waals surface area contributed by atoms with Crippen LogP contribution in [0.1, 0.15) is 48.7 Å².